The topological polar surface area (TPSA) is 84.0 Å². The maximum atomic E-state index is 11.8. The van der Waals surface area contributed by atoms with E-state index in [2.05, 4.69) is 4.74 Å². The van der Waals surface area contributed by atoms with Gasteiger partial charge in [-0.05, 0) is 0 Å². The van der Waals surface area contributed by atoms with Gasteiger partial charge in [0.15, 0.2) is 9.84 Å². The van der Waals surface area contributed by atoms with Crippen LogP contribution in [-0.2, 0) is 24.2 Å². The number of halogens is 1. The normalized spacial score (nSPS) is 18.7. The Labute approximate surface area is 120 Å². The van der Waals surface area contributed by atoms with Crippen molar-refractivity contribution in [3.05, 3.63) is 0 Å². The molecule has 0 bridgehead atoms. The first kappa shape index (κ1) is 15.6. The molecule has 0 unspecified atom stereocenters. The van der Waals surface area contributed by atoms with Crippen LogP contribution in [-0.4, -0.2) is 73.1 Å². The van der Waals surface area contributed by atoms with Crippen molar-refractivity contribution in [2.45, 2.75) is 0 Å². The highest BCUT2D eigenvalue weighted by molar-refractivity contribution is 14.1. The van der Waals surface area contributed by atoms with Crippen molar-refractivity contribution in [2.75, 3.05) is 44.8 Å². The maximum Gasteiger partial charge on any atom is 0.320 e. The highest BCUT2D eigenvalue weighted by Crippen LogP contribution is 2.06. The number of methoxy groups -OCH3 is 1. The lowest BCUT2D eigenvalue weighted by molar-refractivity contribution is -0.140. The molecule has 0 aromatic carbocycles. The largest absolute Gasteiger partial charge is 0.468 e. The van der Waals surface area contributed by atoms with Crippen LogP contribution in [0.25, 0.3) is 0 Å². The number of ether oxygens (including phenoxy) is 1. The summed E-state index contributed by atoms with van der Waals surface area (Å²) in [4.78, 5) is 24.3. The minimum absolute atomic E-state index is 0.0109. The molecule has 0 aromatic rings. The van der Waals surface area contributed by atoms with Gasteiger partial charge >= 0.3 is 5.97 Å². The first-order valence-corrected chi connectivity index (χ1v) is 8.08. The molecule has 1 saturated heterocycles. The number of esters is 1. The SMILES string of the molecule is COC(=O)CN(I)CC(=O)N1CCS(=O)(=O)CC1. The molecular weight excluding hydrogens is 375 g/mol. The molecule has 1 aliphatic heterocycles. The van der Waals surface area contributed by atoms with Gasteiger partial charge in [0.2, 0.25) is 5.91 Å². The lowest BCUT2D eigenvalue weighted by atomic mass is 10.4. The molecule has 0 radical (unpaired) electrons. The van der Waals surface area contributed by atoms with E-state index in [-0.39, 0.29) is 43.6 Å². The van der Waals surface area contributed by atoms with Crippen LogP contribution in [0.4, 0.5) is 0 Å². The molecule has 0 spiro atoms. The lowest BCUT2D eigenvalue weighted by Gasteiger charge is -2.27. The Kier molecular flexibility index (Phi) is 5.79. The second-order valence-corrected chi connectivity index (χ2v) is 7.56. The molecule has 1 rings (SSSR count). The van der Waals surface area contributed by atoms with Gasteiger partial charge in [0.1, 0.15) is 6.54 Å². The highest BCUT2D eigenvalue weighted by Gasteiger charge is 2.26. The third-order valence-corrected chi connectivity index (χ3v) is 4.82. The summed E-state index contributed by atoms with van der Waals surface area (Å²) in [6.07, 6.45) is 0. The minimum Gasteiger partial charge on any atom is -0.468 e. The van der Waals surface area contributed by atoms with Crippen molar-refractivity contribution in [1.82, 2.24) is 8.01 Å². The fraction of sp³-hybridized carbons (Fsp3) is 0.778. The first-order valence-electron chi connectivity index (χ1n) is 5.30. The Morgan fingerprint density at radius 1 is 1.28 bits per heavy atom. The van der Waals surface area contributed by atoms with E-state index in [9.17, 15) is 18.0 Å². The standard InChI is InChI=1S/C9H15IN2O5S/c1-17-9(14)7-12(10)6-8(13)11-2-4-18(15,16)5-3-11/h2-7H2,1H3. The van der Waals surface area contributed by atoms with Gasteiger partial charge < -0.3 is 9.64 Å². The van der Waals surface area contributed by atoms with Crippen LogP contribution in [0, 0.1) is 0 Å². The van der Waals surface area contributed by atoms with Crippen LogP contribution < -0.4 is 0 Å². The van der Waals surface area contributed by atoms with Crippen molar-refractivity contribution in [1.29, 1.82) is 0 Å². The quantitative estimate of drug-likeness (QED) is 0.351. The zero-order valence-electron chi connectivity index (χ0n) is 9.96. The minimum atomic E-state index is -2.98. The van der Waals surface area contributed by atoms with Crippen LogP contribution in [0.15, 0.2) is 0 Å². The highest BCUT2D eigenvalue weighted by atomic mass is 127. The molecular formula is C9H15IN2O5S. The Balaban J connectivity index is 2.40. The van der Waals surface area contributed by atoms with E-state index in [4.69, 9.17) is 0 Å². The molecule has 0 N–H and O–H groups in total. The van der Waals surface area contributed by atoms with Gasteiger partial charge in [0.25, 0.3) is 0 Å². The summed E-state index contributed by atoms with van der Waals surface area (Å²) in [7, 11) is -1.70. The molecule has 1 aliphatic rings. The molecule has 1 amide bonds. The van der Waals surface area contributed by atoms with Crippen molar-refractivity contribution < 1.29 is 22.7 Å². The third kappa shape index (κ3) is 5.06. The van der Waals surface area contributed by atoms with Crippen molar-refractivity contribution in [3.8, 4) is 0 Å². The fourth-order valence-electron chi connectivity index (χ4n) is 1.47. The maximum absolute atomic E-state index is 11.8. The van der Waals surface area contributed by atoms with Crippen molar-refractivity contribution in [2.24, 2.45) is 0 Å². The summed E-state index contributed by atoms with van der Waals surface area (Å²) in [5, 5.41) is 0. The Morgan fingerprint density at radius 2 is 1.83 bits per heavy atom. The van der Waals surface area contributed by atoms with E-state index in [0.717, 1.165) is 0 Å². The van der Waals surface area contributed by atoms with Crippen molar-refractivity contribution >= 4 is 44.6 Å². The zero-order valence-corrected chi connectivity index (χ0v) is 12.9. The van der Waals surface area contributed by atoms with Crippen LogP contribution in [0.5, 0.6) is 0 Å². The molecule has 0 atom stereocenters. The molecule has 7 nitrogen and oxygen atoms in total. The number of amides is 1. The Bertz CT molecular complexity index is 411. The fourth-order valence-corrected chi connectivity index (χ4v) is 3.24. The number of carbonyl (C=O) groups is 2. The van der Waals surface area contributed by atoms with Crippen molar-refractivity contribution in [3.63, 3.8) is 0 Å². The Hall–Kier alpha value is -0.420. The van der Waals surface area contributed by atoms with E-state index in [1.165, 1.54) is 15.1 Å². The van der Waals surface area contributed by atoms with E-state index < -0.39 is 15.8 Å². The second kappa shape index (κ2) is 6.66. The number of carbonyl (C=O) groups excluding carboxylic acids is 2. The van der Waals surface area contributed by atoms with E-state index >= 15 is 0 Å². The van der Waals surface area contributed by atoms with Gasteiger partial charge in [-0.1, -0.05) is 0 Å². The van der Waals surface area contributed by atoms with Gasteiger partial charge in [-0.3, -0.25) is 9.59 Å². The van der Waals surface area contributed by atoms with E-state index in [1.807, 2.05) is 22.9 Å². The first-order chi connectivity index (χ1) is 8.34. The average molecular weight is 390 g/mol. The van der Waals surface area contributed by atoms with Crippen LogP contribution in [0.1, 0.15) is 0 Å². The number of nitrogens with zero attached hydrogens (tertiary/aromatic N) is 2. The summed E-state index contributed by atoms with van der Waals surface area (Å²) in [5.41, 5.74) is 0. The third-order valence-electron chi connectivity index (χ3n) is 2.53. The number of sulfone groups is 1. The molecule has 0 aliphatic carbocycles. The van der Waals surface area contributed by atoms with Gasteiger partial charge in [0.05, 0.1) is 25.2 Å². The molecule has 1 heterocycles. The second-order valence-electron chi connectivity index (χ2n) is 3.89. The monoisotopic (exact) mass is 390 g/mol. The number of hydrogen-bond acceptors (Lipinski definition) is 6. The average Bonchev–Trinajstić information content (AvgIpc) is 2.28. The molecule has 0 saturated carbocycles. The number of rotatable bonds is 4. The zero-order chi connectivity index (χ0) is 13.8. The molecule has 104 valence electrons. The summed E-state index contributed by atoms with van der Waals surface area (Å²) in [5.74, 6) is -0.574. The molecule has 9 heteroatoms. The van der Waals surface area contributed by atoms with Gasteiger partial charge in [-0.25, -0.2) is 11.5 Å². The smallest absolute Gasteiger partial charge is 0.320 e. The predicted molar refractivity (Wildman–Crippen MR) is 72.8 cm³/mol. The summed E-state index contributed by atoms with van der Waals surface area (Å²) in [6, 6.07) is 0. The van der Waals surface area contributed by atoms with Crippen LogP contribution >= 0.6 is 22.9 Å². The summed E-state index contributed by atoms with van der Waals surface area (Å²) < 4.78 is 28.4. The molecule has 0 aromatic heterocycles. The van der Waals surface area contributed by atoms with Gasteiger partial charge in [-0.15, -0.1) is 0 Å². The van der Waals surface area contributed by atoms with E-state index in [0.29, 0.717) is 0 Å². The number of hydrogen-bond donors (Lipinski definition) is 0. The van der Waals surface area contributed by atoms with Crippen LogP contribution in [0.3, 0.4) is 0 Å². The Morgan fingerprint density at radius 3 is 2.33 bits per heavy atom. The molecule has 18 heavy (non-hydrogen) atoms. The van der Waals surface area contributed by atoms with Gasteiger partial charge in [0, 0.05) is 36.0 Å². The van der Waals surface area contributed by atoms with Gasteiger partial charge in [-0.2, -0.15) is 0 Å². The lowest BCUT2D eigenvalue weighted by Crippen LogP contribution is -2.46. The summed E-state index contributed by atoms with van der Waals surface area (Å²) in [6.45, 7) is 0.540. The van der Waals surface area contributed by atoms with Crippen LogP contribution in [0.2, 0.25) is 0 Å². The summed E-state index contributed by atoms with van der Waals surface area (Å²) >= 11 is 1.87. The van der Waals surface area contributed by atoms with E-state index in [1.54, 1.807) is 0 Å². The molecule has 1 fully saturated rings. The predicted octanol–water partition coefficient (Wildman–Crippen LogP) is -0.932.